The highest BCUT2D eigenvalue weighted by atomic mass is 31.3. The molecule has 0 bridgehead atoms. The minimum absolute atomic E-state index is 0.0355. The molecule has 1 aromatic rings. The number of nitrogens with zero attached hydrogens (tertiary/aromatic N) is 2. The Morgan fingerprint density at radius 2 is 1.31 bits per heavy atom. The second-order valence-corrected chi connectivity index (χ2v) is 20.2. The molecule has 1 aliphatic heterocycles. The number of rotatable bonds is 40. The normalized spacial score (nSPS) is 20.2. The molecule has 1 aromatic heterocycles. The van der Waals surface area contributed by atoms with E-state index in [2.05, 4.69) is 65.7 Å². The predicted octanol–water partition coefficient (Wildman–Crippen LogP) is 9.08. The minimum atomic E-state index is -5.48. The van der Waals surface area contributed by atoms with Gasteiger partial charge in [0.1, 0.15) is 30.7 Å². The van der Waals surface area contributed by atoms with Gasteiger partial charge in [-0.25, -0.2) is 13.9 Å². The van der Waals surface area contributed by atoms with Crippen LogP contribution >= 0.6 is 15.6 Å². The van der Waals surface area contributed by atoms with Crippen LogP contribution in [0.4, 0.5) is 5.82 Å². The number of esters is 2. The number of carbonyl (C=O) groups is 2. The van der Waals surface area contributed by atoms with E-state index in [1.165, 1.54) is 63.9 Å². The number of hydrogen-bond acceptors (Lipinski definition) is 16. The fraction of sp³-hybridized carbons (Fsp3) is 0.640. The number of phosphoric acid groups is 2. The van der Waals surface area contributed by atoms with Gasteiger partial charge in [-0.2, -0.15) is 9.29 Å². The molecule has 71 heavy (non-hydrogen) atoms. The Balaban J connectivity index is 1.88. The molecular formula is C50H81N3O16P2. The van der Waals surface area contributed by atoms with E-state index < -0.39 is 89.8 Å². The number of aromatic nitrogens is 2. The highest BCUT2D eigenvalue weighted by Crippen LogP contribution is 2.60. The molecule has 1 fully saturated rings. The van der Waals surface area contributed by atoms with Crippen LogP contribution in [-0.2, 0) is 46.3 Å². The average molecular weight is 1040 g/mol. The van der Waals surface area contributed by atoms with E-state index in [1.807, 2.05) is 18.2 Å². The Kier molecular flexibility index (Phi) is 33.7. The standard InChI is InChI=1S/C50H81N3O16P2/c1-3-5-7-9-11-13-15-17-18-20-22-24-26-28-30-34-45(55)64-38-42(67-46(56)35-31-33-41(54)32-29-27-25-23-21-19-16-14-12-10-8-6-4-2)39-65-70(60,61)69-71(62,63)66-40-43-47(57)48(58)49(68-43)53-37-36-44(51)52-50(53)59/h11,13,17-19,21-22,24-25,27,29,32,36-37,41-43,47-49,54,57-58H,3-10,12,14-16,20,23,26,28,30-31,33-35,38-40H2,1-2H3,(H,60,61)(H,62,63)(H2,51,52,59)/b13-11-,18-17-,21-19+,24-22-,27-25+,32-29+/t41?,42-,43-,47-,48-,49-/m1/s1. The Hall–Kier alpha value is -3.84. The molecule has 0 radical (unpaired) electrons. The first-order valence-corrected chi connectivity index (χ1v) is 28.0. The van der Waals surface area contributed by atoms with Gasteiger partial charge >= 0.3 is 33.3 Å². The van der Waals surface area contributed by atoms with Gasteiger partial charge in [-0.15, -0.1) is 0 Å². The van der Waals surface area contributed by atoms with Crippen molar-refractivity contribution >= 4 is 33.4 Å². The number of aliphatic hydroxyl groups excluding tert-OH is 3. The van der Waals surface area contributed by atoms with Gasteiger partial charge in [0.05, 0.1) is 19.3 Å². The van der Waals surface area contributed by atoms with Gasteiger partial charge in [0.2, 0.25) is 0 Å². The molecule has 2 heterocycles. The summed E-state index contributed by atoms with van der Waals surface area (Å²) in [5.74, 6) is -1.56. The van der Waals surface area contributed by atoms with Gasteiger partial charge in [-0.05, 0) is 83.1 Å². The number of carbonyl (C=O) groups excluding carboxylic acids is 2. The number of ether oxygens (including phenoxy) is 3. The van der Waals surface area contributed by atoms with E-state index in [0.29, 0.717) is 12.8 Å². The zero-order valence-corrected chi connectivity index (χ0v) is 43.4. The zero-order chi connectivity index (χ0) is 52.2. The minimum Gasteiger partial charge on any atom is -0.462 e. The molecule has 0 aliphatic carbocycles. The maximum Gasteiger partial charge on any atom is 0.481 e. The van der Waals surface area contributed by atoms with Gasteiger partial charge in [-0.1, -0.05) is 132 Å². The molecule has 3 unspecified atom stereocenters. The van der Waals surface area contributed by atoms with Crippen molar-refractivity contribution in [3.63, 3.8) is 0 Å². The highest BCUT2D eigenvalue weighted by molar-refractivity contribution is 7.61. The van der Waals surface area contributed by atoms with Crippen molar-refractivity contribution in [2.75, 3.05) is 25.6 Å². The van der Waals surface area contributed by atoms with Crippen LogP contribution < -0.4 is 11.4 Å². The summed E-state index contributed by atoms with van der Waals surface area (Å²) in [5.41, 5.74) is 4.56. The second-order valence-electron chi connectivity index (χ2n) is 17.2. The number of phosphoric ester groups is 2. The summed E-state index contributed by atoms with van der Waals surface area (Å²) in [7, 11) is -11.0. The summed E-state index contributed by atoms with van der Waals surface area (Å²) in [6.45, 7) is 1.88. The monoisotopic (exact) mass is 1040 g/mol. The molecule has 7 N–H and O–H groups in total. The number of unbranched alkanes of at least 4 members (excludes halogenated alkanes) is 11. The third-order valence-electron chi connectivity index (χ3n) is 10.9. The maximum absolute atomic E-state index is 12.9. The van der Waals surface area contributed by atoms with Crippen LogP contribution in [0.5, 0.6) is 0 Å². The van der Waals surface area contributed by atoms with Crippen LogP contribution in [-0.4, -0.2) is 96.9 Å². The molecule has 0 aromatic carbocycles. The third-order valence-corrected chi connectivity index (χ3v) is 13.5. The van der Waals surface area contributed by atoms with Crippen LogP contribution in [0.2, 0.25) is 0 Å². The van der Waals surface area contributed by atoms with Crippen LogP contribution in [0.25, 0.3) is 0 Å². The van der Waals surface area contributed by atoms with E-state index in [1.54, 1.807) is 12.2 Å². The summed E-state index contributed by atoms with van der Waals surface area (Å²) in [6.07, 6.45) is 34.4. The van der Waals surface area contributed by atoms with Crippen LogP contribution in [0.15, 0.2) is 90.0 Å². The average Bonchev–Trinajstić information content (AvgIpc) is 3.60. The molecule has 0 saturated carbocycles. The third kappa shape index (κ3) is 30.7. The van der Waals surface area contributed by atoms with E-state index in [0.717, 1.165) is 49.3 Å². The smallest absolute Gasteiger partial charge is 0.462 e. The molecule has 1 aliphatic rings. The SMILES string of the molecule is CCCCC/C=C\C/C=C\C/C=C\CCCCC(=O)OC[C@H](COP(=O)(O)OP(=O)(O)OC[C@H]1O[C@@H](n2ccc(N)nc2=O)[C@H](O)[C@@H]1O)OC(=O)CCCC(O)/C=C/C=C/C/C=C/CCCCCCCC. The Morgan fingerprint density at radius 3 is 1.97 bits per heavy atom. The van der Waals surface area contributed by atoms with Gasteiger partial charge in [0.25, 0.3) is 0 Å². The van der Waals surface area contributed by atoms with Crippen molar-refractivity contribution < 1.29 is 71.4 Å². The maximum atomic E-state index is 12.9. The quantitative estimate of drug-likeness (QED) is 0.0117. The molecule has 402 valence electrons. The number of nitrogen functional groups attached to an aromatic ring is 1. The molecule has 1 saturated heterocycles. The molecule has 19 nitrogen and oxygen atoms in total. The first-order valence-electron chi connectivity index (χ1n) is 25.1. The van der Waals surface area contributed by atoms with Gasteiger partial charge in [0, 0.05) is 19.0 Å². The molecule has 2 rings (SSSR count). The summed E-state index contributed by atoms with van der Waals surface area (Å²) in [6, 6.07) is 1.23. The molecule has 8 atom stereocenters. The Morgan fingerprint density at radius 1 is 0.746 bits per heavy atom. The largest absolute Gasteiger partial charge is 0.481 e. The topological polar surface area (TPSA) is 286 Å². The van der Waals surface area contributed by atoms with Crippen molar-refractivity contribution in [3.05, 3.63) is 95.7 Å². The summed E-state index contributed by atoms with van der Waals surface area (Å²) in [5, 5.41) is 31.3. The first kappa shape index (κ1) is 63.3. The lowest BCUT2D eigenvalue weighted by molar-refractivity contribution is -0.161. The van der Waals surface area contributed by atoms with Crippen molar-refractivity contribution in [2.24, 2.45) is 0 Å². The van der Waals surface area contributed by atoms with Crippen molar-refractivity contribution in [1.29, 1.82) is 0 Å². The molecule has 21 heteroatoms. The summed E-state index contributed by atoms with van der Waals surface area (Å²) >= 11 is 0. The van der Waals surface area contributed by atoms with Crippen molar-refractivity contribution in [2.45, 2.75) is 185 Å². The molecular weight excluding hydrogens is 961 g/mol. The van der Waals surface area contributed by atoms with Crippen LogP contribution in [0.1, 0.15) is 155 Å². The predicted molar refractivity (Wildman–Crippen MR) is 271 cm³/mol. The van der Waals surface area contributed by atoms with Gasteiger partial charge in [-0.3, -0.25) is 23.2 Å². The number of allylic oxidation sites excluding steroid dienone is 11. The number of nitrogens with two attached hydrogens (primary N) is 1. The van der Waals surface area contributed by atoms with E-state index >= 15 is 0 Å². The van der Waals surface area contributed by atoms with Gasteiger partial charge in [0.15, 0.2) is 12.3 Å². The number of hydrogen-bond donors (Lipinski definition) is 6. The lowest BCUT2D eigenvalue weighted by atomic mass is 10.1. The number of aliphatic hydroxyl groups is 3. The zero-order valence-electron chi connectivity index (χ0n) is 41.6. The fourth-order valence-corrected chi connectivity index (χ4v) is 9.03. The molecule has 0 amide bonds. The fourth-order valence-electron chi connectivity index (χ4n) is 6.92. The van der Waals surface area contributed by atoms with E-state index in [9.17, 15) is 48.6 Å². The first-order chi connectivity index (χ1) is 34.1. The Bertz CT molecular complexity index is 1990. The summed E-state index contributed by atoms with van der Waals surface area (Å²) in [4.78, 5) is 61.9. The Labute approximate surface area is 419 Å². The van der Waals surface area contributed by atoms with Crippen LogP contribution in [0.3, 0.4) is 0 Å². The molecule has 0 spiro atoms. The van der Waals surface area contributed by atoms with Crippen LogP contribution in [0, 0.1) is 0 Å². The lowest BCUT2D eigenvalue weighted by Crippen LogP contribution is -2.36. The highest BCUT2D eigenvalue weighted by Gasteiger charge is 2.46. The van der Waals surface area contributed by atoms with Crippen molar-refractivity contribution in [1.82, 2.24) is 9.55 Å². The van der Waals surface area contributed by atoms with E-state index in [-0.39, 0.29) is 31.5 Å². The second kappa shape index (κ2) is 37.8. The van der Waals surface area contributed by atoms with E-state index in [4.69, 9.17) is 29.0 Å². The lowest BCUT2D eigenvalue weighted by Gasteiger charge is -2.21. The summed E-state index contributed by atoms with van der Waals surface area (Å²) < 4.78 is 56.5. The number of anilines is 1. The van der Waals surface area contributed by atoms with Gasteiger partial charge < -0.3 is 45.1 Å². The van der Waals surface area contributed by atoms with Crippen molar-refractivity contribution in [3.8, 4) is 0 Å².